The van der Waals surface area contributed by atoms with Gasteiger partial charge in [-0.1, -0.05) is 24.3 Å². The van der Waals surface area contributed by atoms with Crippen molar-refractivity contribution in [1.29, 1.82) is 0 Å². The standard InChI is InChI=1S/C17H24N2O/c1-18(2)15-10-14(11-15)17(20)19(3)16-8-12-6-4-5-7-13(12)9-16/h4-7,14-16H,8-11H2,1-3H3. The molecule has 1 aromatic rings. The molecular weight excluding hydrogens is 248 g/mol. The van der Waals surface area contributed by atoms with E-state index < -0.39 is 0 Å². The molecule has 0 aromatic heterocycles. The summed E-state index contributed by atoms with van der Waals surface area (Å²) < 4.78 is 0. The fourth-order valence-corrected chi connectivity index (χ4v) is 3.49. The van der Waals surface area contributed by atoms with Gasteiger partial charge in [0.25, 0.3) is 0 Å². The maximum atomic E-state index is 12.5. The quantitative estimate of drug-likeness (QED) is 0.839. The van der Waals surface area contributed by atoms with E-state index in [1.165, 1.54) is 11.1 Å². The molecule has 1 aromatic carbocycles. The molecule has 0 saturated heterocycles. The Morgan fingerprint density at radius 1 is 1.00 bits per heavy atom. The zero-order chi connectivity index (χ0) is 14.3. The molecule has 2 aliphatic rings. The smallest absolute Gasteiger partial charge is 0.225 e. The topological polar surface area (TPSA) is 23.6 Å². The highest BCUT2D eigenvalue weighted by Gasteiger charge is 2.39. The Labute approximate surface area is 121 Å². The average Bonchev–Trinajstić information content (AvgIpc) is 2.79. The van der Waals surface area contributed by atoms with Gasteiger partial charge in [0.05, 0.1) is 0 Å². The fourth-order valence-electron chi connectivity index (χ4n) is 3.49. The molecule has 20 heavy (non-hydrogen) atoms. The number of carbonyl (C=O) groups is 1. The summed E-state index contributed by atoms with van der Waals surface area (Å²) in [7, 11) is 6.19. The molecule has 3 nitrogen and oxygen atoms in total. The van der Waals surface area contributed by atoms with Gasteiger partial charge in [-0.15, -0.1) is 0 Å². The summed E-state index contributed by atoms with van der Waals surface area (Å²) in [5.74, 6) is 0.594. The minimum absolute atomic E-state index is 0.246. The molecule has 1 fully saturated rings. The predicted octanol–water partition coefficient (Wildman–Crippen LogP) is 1.95. The first-order chi connectivity index (χ1) is 9.56. The van der Waals surface area contributed by atoms with Crippen molar-refractivity contribution in [1.82, 2.24) is 9.80 Å². The molecule has 3 heteroatoms. The number of likely N-dealkylation sites (N-methyl/N-ethyl adjacent to an activating group) is 1. The summed E-state index contributed by atoms with van der Waals surface area (Å²) in [5, 5.41) is 0. The highest BCUT2D eigenvalue weighted by molar-refractivity contribution is 5.80. The second-order valence-corrected chi connectivity index (χ2v) is 6.57. The first-order valence-corrected chi connectivity index (χ1v) is 7.56. The van der Waals surface area contributed by atoms with Crippen LogP contribution in [0.3, 0.4) is 0 Å². The number of fused-ring (bicyclic) bond motifs is 1. The zero-order valence-electron chi connectivity index (χ0n) is 12.7. The molecule has 0 radical (unpaired) electrons. The maximum absolute atomic E-state index is 12.5. The van der Waals surface area contributed by atoms with E-state index in [-0.39, 0.29) is 5.92 Å². The van der Waals surface area contributed by atoms with E-state index in [4.69, 9.17) is 0 Å². The number of amides is 1. The van der Waals surface area contributed by atoms with Gasteiger partial charge in [-0.25, -0.2) is 0 Å². The molecule has 2 aliphatic carbocycles. The number of hydrogen-bond donors (Lipinski definition) is 0. The van der Waals surface area contributed by atoms with Crippen LogP contribution in [-0.4, -0.2) is 48.9 Å². The monoisotopic (exact) mass is 272 g/mol. The lowest BCUT2D eigenvalue weighted by Crippen LogP contribution is -2.50. The lowest BCUT2D eigenvalue weighted by molar-refractivity contribution is -0.140. The molecule has 0 N–H and O–H groups in total. The molecule has 0 unspecified atom stereocenters. The van der Waals surface area contributed by atoms with E-state index in [0.717, 1.165) is 25.7 Å². The summed E-state index contributed by atoms with van der Waals surface area (Å²) in [4.78, 5) is 16.8. The number of hydrogen-bond acceptors (Lipinski definition) is 2. The van der Waals surface area contributed by atoms with Gasteiger partial charge in [0.2, 0.25) is 5.91 Å². The Bertz CT molecular complexity index is 480. The molecule has 108 valence electrons. The van der Waals surface area contributed by atoms with Crippen molar-refractivity contribution < 1.29 is 4.79 Å². The second-order valence-electron chi connectivity index (χ2n) is 6.57. The van der Waals surface area contributed by atoms with Gasteiger partial charge >= 0.3 is 0 Å². The van der Waals surface area contributed by atoms with Crippen LogP contribution in [0.2, 0.25) is 0 Å². The molecule has 0 heterocycles. The third-order valence-corrected chi connectivity index (χ3v) is 5.12. The van der Waals surface area contributed by atoms with Crippen LogP contribution in [0.4, 0.5) is 0 Å². The van der Waals surface area contributed by atoms with Crippen LogP contribution in [-0.2, 0) is 17.6 Å². The van der Waals surface area contributed by atoms with Crippen molar-refractivity contribution in [3.05, 3.63) is 35.4 Å². The van der Waals surface area contributed by atoms with E-state index in [0.29, 0.717) is 18.0 Å². The van der Waals surface area contributed by atoms with E-state index >= 15 is 0 Å². The third-order valence-electron chi connectivity index (χ3n) is 5.12. The minimum atomic E-state index is 0.246. The Kier molecular flexibility index (Phi) is 3.55. The Balaban J connectivity index is 1.58. The zero-order valence-corrected chi connectivity index (χ0v) is 12.7. The summed E-state index contributed by atoms with van der Waals surface area (Å²) in [6.45, 7) is 0. The minimum Gasteiger partial charge on any atom is -0.342 e. The van der Waals surface area contributed by atoms with Crippen molar-refractivity contribution in [2.24, 2.45) is 5.92 Å². The highest BCUT2D eigenvalue weighted by atomic mass is 16.2. The van der Waals surface area contributed by atoms with Gasteiger partial charge < -0.3 is 9.80 Å². The van der Waals surface area contributed by atoms with Gasteiger partial charge in [-0.3, -0.25) is 4.79 Å². The van der Waals surface area contributed by atoms with Gasteiger partial charge in [-0.2, -0.15) is 0 Å². The van der Waals surface area contributed by atoms with Crippen LogP contribution >= 0.6 is 0 Å². The van der Waals surface area contributed by atoms with Crippen LogP contribution in [0, 0.1) is 5.92 Å². The van der Waals surface area contributed by atoms with Crippen LogP contribution in [0.15, 0.2) is 24.3 Å². The molecule has 3 rings (SSSR count). The molecular formula is C17H24N2O. The van der Waals surface area contributed by atoms with Gasteiger partial charge in [0.15, 0.2) is 0 Å². The van der Waals surface area contributed by atoms with Gasteiger partial charge in [0.1, 0.15) is 0 Å². The first-order valence-electron chi connectivity index (χ1n) is 7.56. The Morgan fingerprint density at radius 3 is 2.05 bits per heavy atom. The van der Waals surface area contributed by atoms with E-state index in [2.05, 4.69) is 43.3 Å². The van der Waals surface area contributed by atoms with Crippen LogP contribution in [0.1, 0.15) is 24.0 Å². The SMILES string of the molecule is CN(C)C1CC(C(=O)N(C)C2Cc3ccccc3C2)C1. The molecule has 0 aliphatic heterocycles. The van der Waals surface area contributed by atoms with E-state index in [9.17, 15) is 4.79 Å². The van der Waals surface area contributed by atoms with Crippen LogP contribution < -0.4 is 0 Å². The predicted molar refractivity (Wildman–Crippen MR) is 80.6 cm³/mol. The maximum Gasteiger partial charge on any atom is 0.225 e. The molecule has 1 amide bonds. The average molecular weight is 272 g/mol. The van der Waals surface area contributed by atoms with Crippen molar-refractivity contribution >= 4 is 5.91 Å². The summed E-state index contributed by atoms with van der Waals surface area (Å²) in [6, 6.07) is 9.53. The van der Waals surface area contributed by atoms with E-state index in [1.807, 2.05) is 11.9 Å². The second kappa shape index (κ2) is 5.21. The van der Waals surface area contributed by atoms with Gasteiger partial charge in [0, 0.05) is 25.0 Å². The van der Waals surface area contributed by atoms with Crippen molar-refractivity contribution in [2.45, 2.75) is 37.8 Å². The summed E-state index contributed by atoms with van der Waals surface area (Å²) in [6.07, 6.45) is 4.08. The fraction of sp³-hybridized carbons (Fsp3) is 0.588. The van der Waals surface area contributed by atoms with Crippen molar-refractivity contribution in [2.75, 3.05) is 21.1 Å². The summed E-state index contributed by atoms with van der Waals surface area (Å²) in [5.41, 5.74) is 2.83. The van der Waals surface area contributed by atoms with Gasteiger partial charge in [-0.05, 0) is 50.9 Å². The van der Waals surface area contributed by atoms with Crippen molar-refractivity contribution in [3.8, 4) is 0 Å². The number of benzene rings is 1. The lowest BCUT2D eigenvalue weighted by atomic mass is 9.78. The molecule has 0 atom stereocenters. The normalized spacial score (nSPS) is 25.4. The molecule has 1 saturated carbocycles. The highest BCUT2D eigenvalue weighted by Crippen LogP contribution is 2.33. The largest absolute Gasteiger partial charge is 0.342 e. The Hall–Kier alpha value is -1.35. The lowest BCUT2D eigenvalue weighted by Gasteiger charge is -2.41. The summed E-state index contributed by atoms with van der Waals surface area (Å²) >= 11 is 0. The number of carbonyl (C=O) groups excluding carboxylic acids is 1. The van der Waals surface area contributed by atoms with Crippen LogP contribution in [0.25, 0.3) is 0 Å². The third kappa shape index (κ3) is 2.35. The first kappa shape index (κ1) is 13.6. The molecule has 0 spiro atoms. The number of rotatable bonds is 3. The number of nitrogens with zero attached hydrogens (tertiary/aromatic N) is 2. The van der Waals surface area contributed by atoms with E-state index in [1.54, 1.807) is 0 Å². The Morgan fingerprint density at radius 2 is 1.55 bits per heavy atom. The van der Waals surface area contributed by atoms with Crippen molar-refractivity contribution in [3.63, 3.8) is 0 Å². The molecule has 0 bridgehead atoms. The van der Waals surface area contributed by atoms with Crippen LogP contribution in [0.5, 0.6) is 0 Å².